The highest BCUT2D eigenvalue weighted by molar-refractivity contribution is 7.89. The van der Waals surface area contributed by atoms with E-state index >= 15 is 0 Å². The molecule has 2 amide bonds. The summed E-state index contributed by atoms with van der Waals surface area (Å²) in [6.07, 6.45) is 0.0182. The number of thiophene rings is 1. The van der Waals surface area contributed by atoms with Gasteiger partial charge in [-0.05, 0) is 36.8 Å². The van der Waals surface area contributed by atoms with E-state index in [0.29, 0.717) is 26.2 Å². The first-order valence-corrected chi connectivity index (χ1v) is 11.6. The summed E-state index contributed by atoms with van der Waals surface area (Å²) in [5.74, 6) is -0.276. The van der Waals surface area contributed by atoms with Crippen molar-refractivity contribution in [2.24, 2.45) is 4.40 Å². The van der Waals surface area contributed by atoms with E-state index in [4.69, 9.17) is 16.3 Å². The lowest BCUT2D eigenvalue weighted by Crippen LogP contribution is -2.34. The number of carbonyl (C=O) groups excluding carboxylic acids is 2. The van der Waals surface area contributed by atoms with E-state index in [1.165, 1.54) is 16.2 Å². The number of nitrogens with zero attached hydrogens (tertiary/aromatic N) is 2. The van der Waals surface area contributed by atoms with Gasteiger partial charge in [0.2, 0.25) is 10.0 Å². The van der Waals surface area contributed by atoms with Gasteiger partial charge in [0.15, 0.2) is 0 Å². The number of nitrogens with one attached hydrogen (secondary N) is 1. The standard InChI is InChI=1S/C18H18ClN3O5S2/c1-11(21-29(2,25)26)12-3-5-13(6-4-12)22-10-14(27-18(22)24)9-20-17(23)15-7-8-16(19)28-15/h3-8,14H,9-10H2,1-2H3,(H,20,23)/b21-11+/t14-/m0/s1. The Kier molecular flexibility index (Phi) is 6.25. The second-order valence-electron chi connectivity index (χ2n) is 6.39. The topological polar surface area (TPSA) is 105 Å². The van der Waals surface area contributed by atoms with Crippen molar-refractivity contribution < 1.29 is 22.7 Å². The van der Waals surface area contributed by atoms with E-state index in [1.54, 1.807) is 43.3 Å². The number of anilines is 1. The quantitative estimate of drug-likeness (QED) is 0.674. The van der Waals surface area contributed by atoms with Gasteiger partial charge < -0.3 is 10.1 Å². The van der Waals surface area contributed by atoms with Crippen LogP contribution in [-0.4, -0.2) is 51.6 Å². The Labute approximate surface area is 177 Å². The van der Waals surface area contributed by atoms with Crippen LogP contribution in [0.4, 0.5) is 10.5 Å². The molecule has 0 spiro atoms. The Bertz CT molecular complexity index is 1060. The van der Waals surface area contributed by atoms with Crippen LogP contribution < -0.4 is 10.2 Å². The lowest BCUT2D eigenvalue weighted by Gasteiger charge is -2.13. The van der Waals surface area contributed by atoms with Gasteiger partial charge in [0.05, 0.1) is 34.3 Å². The summed E-state index contributed by atoms with van der Waals surface area (Å²) in [7, 11) is -3.48. The zero-order valence-electron chi connectivity index (χ0n) is 15.6. The van der Waals surface area contributed by atoms with Crippen molar-refractivity contribution >= 4 is 56.4 Å². The van der Waals surface area contributed by atoms with Crippen molar-refractivity contribution in [3.8, 4) is 0 Å². The summed E-state index contributed by atoms with van der Waals surface area (Å²) in [5, 5.41) is 2.73. The van der Waals surface area contributed by atoms with Crippen LogP contribution in [-0.2, 0) is 14.8 Å². The highest BCUT2D eigenvalue weighted by Gasteiger charge is 2.32. The molecule has 2 aromatic rings. The normalized spacial score (nSPS) is 17.3. The van der Waals surface area contributed by atoms with Crippen LogP contribution >= 0.6 is 22.9 Å². The molecule has 1 fully saturated rings. The maximum atomic E-state index is 12.2. The molecule has 0 saturated carbocycles. The number of halogens is 1. The van der Waals surface area contributed by atoms with E-state index in [2.05, 4.69) is 9.71 Å². The van der Waals surface area contributed by atoms with E-state index in [9.17, 15) is 18.0 Å². The number of hydrogen-bond donors (Lipinski definition) is 1. The third-order valence-electron chi connectivity index (χ3n) is 4.06. The maximum Gasteiger partial charge on any atom is 0.414 e. The molecule has 1 aliphatic heterocycles. The molecule has 1 aromatic heterocycles. The van der Waals surface area contributed by atoms with Gasteiger partial charge in [-0.3, -0.25) is 9.69 Å². The number of carbonyl (C=O) groups is 2. The summed E-state index contributed by atoms with van der Waals surface area (Å²) >= 11 is 7.00. The lowest BCUT2D eigenvalue weighted by atomic mass is 10.1. The first kappa shape index (κ1) is 21.3. The van der Waals surface area contributed by atoms with Gasteiger partial charge in [-0.2, -0.15) is 4.40 Å². The van der Waals surface area contributed by atoms with Crippen molar-refractivity contribution in [1.29, 1.82) is 0 Å². The van der Waals surface area contributed by atoms with Crippen LogP contribution in [0.3, 0.4) is 0 Å². The average molecular weight is 456 g/mol. The molecule has 3 rings (SSSR count). The zero-order valence-corrected chi connectivity index (χ0v) is 18.0. The molecule has 0 bridgehead atoms. The van der Waals surface area contributed by atoms with E-state index in [0.717, 1.165) is 6.26 Å². The van der Waals surface area contributed by atoms with Crippen molar-refractivity contribution in [1.82, 2.24) is 5.32 Å². The predicted octanol–water partition coefficient (Wildman–Crippen LogP) is 2.93. The largest absolute Gasteiger partial charge is 0.442 e. The highest BCUT2D eigenvalue weighted by Crippen LogP contribution is 2.23. The van der Waals surface area contributed by atoms with Gasteiger partial charge in [0.25, 0.3) is 5.91 Å². The molecular formula is C18H18ClN3O5S2. The first-order chi connectivity index (χ1) is 13.6. The lowest BCUT2D eigenvalue weighted by molar-refractivity contribution is 0.0920. The van der Waals surface area contributed by atoms with Crippen LogP contribution in [0.15, 0.2) is 40.8 Å². The van der Waals surface area contributed by atoms with Gasteiger partial charge in [0.1, 0.15) is 6.10 Å². The van der Waals surface area contributed by atoms with Gasteiger partial charge in [-0.25, -0.2) is 13.2 Å². The molecule has 8 nitrogen and oxygen atoms in total. The van der Waals surface area contributed by atoms with E-state index < -0.39 is 22.2 Å². The molecule has 0 radical (unpaired) electrons. The number of benzene rings is 1. The number of cyclic esters (lactones) is 1. The summed E-state index contributed by atoms with van der Waals surface area (Å²) in [6, 6.07) is 10.0. The second kappa shape index (κ2) is 8.52. The summed E-state index contributed by atoms with van der Waals surface area (Å²) in [6.45, 7) is 2.05. The van der Waals surface area contributed by atoms with Crippen LogP contribution in [0.2, 0.25) is 4.34 Å². The SMILES string of the molecule is C/C(=N\S(C)(=O)=O)c1ccc(N2C[C@H](CNC(=O)c3ccc(Cl)s3)OC2=O)cc1. The van der Waals surface area contributed by atoms with E-state index in [1.807, 2.05) is 0 Å². The van der Waals surface area contributed by atoms with Crippen LogP contribution in [0.1, 0.15) is 22.2 Å². The molecule has 1 atom stereocenters. The summed E-state index contributed by atoms with van der Waals surface area (Å²) in [5.41, 5.74) is 1.59. The fourth-order valence-corrected chi connectivity index (χ4v) is 4.32. The molecular weight excluding hydrogens is 438 g/mol. The van der Waals surface area contributed by atoms with Crippen molar-refractivity contribution in [2.45, 2.75) is 13.0 Å². The molecule has 1 aromatic carbocycles. The van der Waals surface area contributed by atoms with Crippen molar-refractivity contribution in [3.63, 3.8) is 0 Å². The molecule has 154 valence electrons. The van der Waals surface area contributed by atoms with E-state index in [-0.39, 0.29) is 19.0 Å². The molecule has 0 aliphatic carbocycles. The Morgan fingerprint density at radius 3 is 2.59 bits per heavy atom. The van der Waals surface area contributed by atoms with Gasteiger partial charge in [-0.1, -0.05) is 23.7 Å². The van der Waals surface area contributed by atoms with Gasteiger partial charge in [0, 0.05) is 5.69 Å². The fraction of sp³-hybridized carbons (Fsp3) is 0.278. The van der Waals surface area contributed by atoms with Gasteiger partial charge >= 0.3 is 6.09 Å². The van der Waals surface area contributed by atoms with Crippen LogP contribution in [0, 0.1) is 0 Å². The predicted molar refractivity (Wildman–Crippen MR) is 113 cm³/mol. The zero-order chi connectivity index (χ0) is 21.2. The van der Waals surface area contributed by atoms with Crippen molar-refractivity contribution in [2.75, 3.05) is 24.2 Å². The number of ether oxygens (including phenoxy) is 1. The summed E-state index contributed by atoms with van der Waals surface area (Å²) < 4.78 is 32.0. The Morgan fingerprint density at radius 2 is 2.00 bits per heavy atom. The third-order valence-corrected chi connectivity index (χ3v) is 5.90. The second-order valence-corrected chi connectivity index (χ2v) is 9.75. The minimum absolute atomic E-state index is 0.175. The number of hydrogen-bond acceptors (Lipinski definition) is 6. The molecule has 29 heavy (non-hydrogen) atoms. The monoisotopic (exact) mass is 455 g/mol. The van der Waals surface area contributed by atoms with Crippen LogP contribution in [0.5, 0.6) is 0 Å². The molecule has 1 aliphatic rings. The fourth-order valence-electron chi connectivity index (χ4n) is 2.75. The Hall–Kier alpha value is -2.43. The minimum atomic E-state index is -3.48. The maximum absolute atomic E-state index is 12.2. The Balaban J connectivity index is 1.61. The number of sulfonamides is 1. The smallest absolute Gasteiger partial charge is 0.414 e. The van der Waals surface area contributed by atoms with Crippen molar-refractivity contribution in [3.05, 3.63) is 51.2 Å². The Morgan fingerprint density at radius 1 is 1.31 bits per heavy atom. The molecule has 1 N–H and O–H groups in total. The first-order valence-electron chi connectivity index (χ1n) is 8.51. The molecule has 1 saturated heterocycles. The minimum Gasteiger partial charge on any atom is -0.442 e. The third kappa shape index (κ3) is 5.55. The number of amides is 2. The molecule has 2 heterocycles. The average Bonchev–Trinajstić information content (AvgIpc) is 3.24. The van der Waals surface area contributed by atoms with Crippen LogP contribution in [0.25, 0.3) is 0 Å². The molecule has 11 heteroatoms. The summed E-state index contributed by atoms with van der Waals surface area (Å²) in [4.78, 5) is 26.2. The number of rotatable bonds is 6. The molecule has 0 unspecified atom stereocenters. The van der Waals surface area contributed by atoms with Gasteiger partial charge in [-0.15, -0.1) is 11.3 Å². The highest BCUT2D eigenvalue weighted by atomic mass is 35.5.